The predicted octanol–water partition coefficient (Wildman–Crippen LogP) is 2.32. The number of guanidine groups is 1. The van der Waals surface area contributed by atoms with Crippen molar-refractivity contribution in [2.24, 2.45) is 15.9 Å². The lowest BCUT2D eigenvalue weighted by Crippen LogP contribution is -2.27. The van der Waals surface area contributed by atoms with Crippen molar-refractivity contribution in [1.29, 1.82) is 0 Å². The van der Waals surface area contributed by atoms with Gasteiger partial charge in [-0.3, -0.25) is 9.76 Å². The van der Waals surface area contributed by atoms with Crippen molar-refractivity contribution in [3.8, 4) is 0 Å². The highest BCUT2D eigenvalue weighted by Gasteiger charge is 2.06. The number of hydrogen-bond donors (Lipinski definition) is 4. The Morgan fingerprint density at radius 2 is 1.88 bits per heavy atom. The van der Waals surface area contributed by atoms with Gasteiger partial charge in [-0.25, -0.2) is 5.48 Å². The average Bonchev–Trinajstić information content (AvgIpc) is 2.55. The fraction of sp³-hybridized carbons (Fsp3) is 0.0667. The van der Waals surface area contributed by atoms with Gasteiger partial charge in [0.1, 0.15) is 0 Å². The normalized spacial score (nSPS) is 11.8. The van der Waals surface area contributed by atoms with E-state index in [-0.39, 0.29) is 10.9 Å². The number of benzene rings is 2. The molecular weight excluding hydrogens is 412 g/mol. The molecule has 0 spiro atoms. The summed E-state index contributed by atoms with van der Waals surface area (Å²) >= 11 is 3.32. The van der Waals surface area contributed by atoms with Gasteiger partial charge in [-0.15, -0.1) is 5.10 Å². The Labute approximate surface area is 153 Å². The molecule has 0 unspecified atom stereocenters. The molecule has 5 N–H and O–H groups in total. The van der Waals surface area contributed by atoms with E-state index in [1.807, 2.05) is 31.2 Å². The van der Waals surface area contributed by atoms with Crippen LogP contribution in [0.25, 0.3) is 0 Å². The van der Waals surface area contributed by atoms with Gasteiger partial charge in [0.05, 0.1) is 11.1 Å². The summed E-state index contributed by atoms with van der Waals surface area (Å²) in [7, 11) is -4.02. The molecule has 0 saturated carbocycles. The van der Waals surface area contributed by atoms with Gasteiger partial charge in [0, 0.05) is 4.47 Å². The fourth-order valence-electron chi connectivity index (χ4n) is 1.48. The van der Waals surface area contributed by atoms with Crippen molar-refractivity contribution in [2.75, 3.05) is 0 Å². The number of aryl methyl sites for hydroxylation is 1. The van der Waals surface area contributed by atoms with Crippen LogP contribution in [0.5, 0.6) is 0 Å². The third kappa shape index (κ3) is 8.40. The SMILES string of the molecule is Cc1ccc(S(=O)(=O)O)cc1.NC(=NN=Cc1cccc(Br)c1)NO. The van der Waals surface area contributed by atoms with Gasteiger partial charge < -0.3 is 5.73 Å². The summed E-state index contributed by atoms with van der Waals surface area (Å²) in [6.45, 7) is 1.84. The molecule has 0 atom stereocenters. The Morgan fingerprint density at radius 1 is 1.24 bits per heavy atom. The van der Waals surface area contributed by atoms with Crippen LogP contribution in [0.15, 0.2) is 68.1 Å². The Hall–Kier alpha value is -2.27. The summed E-state index contributed by atoms with van der Waals surface area (Å²) in [5.74, 6) is -0.156. The van der Waals surface area contributed by atoms with E-state index in [9.17, 15) is 8.42 Å². The molecule has 0 aromatic heterocycles. The van der Waals surface area contributed by atoms with Crippen molar-refractivity contribution in [1.82, 2.24) is 5.48 Å². The van der Waals surface area contributed by atoms with Crippen LogP contribution in [0.1, 0.15) is 11.1 Å². The highest BCUT2D eigenvalue weighted by molar-refractivity contribution is 9.10. The maximum atomic E-state index is 10.5. The van der Waals surface area contributed by atoms with E-state index in [4.69, 9.17) is 15.5 Å². The van der Waals surface area contributed by atoms with Crippen LogP contribution in [0.2, 0.25) is 0 Å². The van der Waals surface area contributed by atoms with Gasteiger partial charge in [-0.1, -0.05) is 45.8 Å². The van der Waals surface area contributed by atoms with Crippen LogP contribution in [-0.2, 0) is 10.1 Å². The Balaban J connectivity index is 0.000000257. The first-order valence-electron chi connectivity index (χ1n) is 6.78. The summed E-state index contributed by atoms with van der Waals surface area (Å²) in [4.78, 5) is -0.0666. The summed E-state index contributed by atoms with van der Waals surface area (Å²) in [5, 5.41) is 15.4. The van der Waals surface area contributed by atoms with Gasteiger partial charge in [0.15, 0.2) is 0 Å². The highest BCUT2D eigenvalue weighted by atomic mass is 79.9. The molecule has 0 aliphatic rings. The Morgan fingerprint density at radius 3 is 2.40 bits per heavy atom. The fourth-order valence-corrected chi connectivity index (χ4v) is 2.37. The van der Waals surface area contributed by atoms with Crippen LogP contribution in [0.3, 0.4) is 0 Å². The van der Waals surface area contributed by atoms with Gasteiger partial charge in [0.25, 0.3) is 10.1 Å². The van der Waals surface area contributed by atoms with Gasteiger partial charge >= 0.3 is 0 Å². The molecule has 2 aromatic carbocycles. The van der Waals surface area contributed by atoms with Crippen molar-refractivity contribution in [3.05, 3.63) is 64.1 Å². The molecule has 0 saturated heterocycles. The molecule has 2 rings (SSSR count). The van der Waals surface area contributed by atoms with E-state index < -0.39 is 10.1 Å². The Kier molecular flexibility index (Phi) is 8.22. The van der Waals surface area contributed by atoms with Gasteiger partial charge in [0.2, 0.25) is 5.96 Å². The molecule has 0 aliphatic carbocycles. The van der Waals surface area contributed by atoms with Gasteiger partial charge in [-0.2, -0.15) is 13.5 Å². The van der Waals surface area contributed by atoms with Crippen molar-refractivity contribution in [2.45, 2.75) is 11.8 Å². The van der Waals surface area contributed by atoms with E-state index in [2.05, 4.69) is 26.1 Å². The molecule has 134 valence electrons. The molecule has 0 bridgehead atoms. The van der Waals surface area contributed by atoms with Crippen molar-refractivity contribution >= 4 is 38.2 Å². The molecule has 10 heteroatoms. The highest BCUT2D eigenvalue weighted by Crippen LogP contribution is 2.10. The molecule has 0 amide bonds. The molecule has 0 radical (unpaired) electrons. The van der Waals surface area contributed by atoms with Crippen LogP contribution in [0, 0.1) is 6.92 Å². The first kappa shape index (κ1) is 20.8. The number of halogens is 1. The molecule has 0 fully saturated rings. The summed E-state index contributed by atoms with van der Waals surface area (Å²) in [6, 6.07) is 13.5. The third-order valence-electron chi connectivity index (χ3n) is 2.65. The standard InChI is InChI=1S/C8H9BrN4O.C7H8O3S/c9-7-3-1-2-6(4-7)5-11-12-8(10)13-14;1-6-2-4-7(5-3-6)11(8,9)10/h1-5,14H,(H3,10,12,13);2-5H,1H3,(H,8,9,10). The predicted molar refractivity (Wildman–Crippen MR) is 99.3 cm³/mol. The Bertz CT molecular complexity index is 852. The molecule has 0 heterocycles. The lowest BCUT2D eigenvalue weighted by atomic mass is 10.2. The zero-order chi connectivity index (χ0) is 18.9. The van der Waals surface area contributed by atoms with Crippen LogP contribution >= 0.6 is 15.9 Å². The lowest BCUT2D eigenvalue weighted by Gasteiger charge is -1.95. The third-order valence-corrected chi connectivity index (χ3v) is 4.02. The summed E-state index contributed by atoms with van der Waals surface area (Å²) in [6.07, 6.45) is 1.52. The molecule has 2 aromatic rings. The minimum atomic E-state index is -4.02. The van der Waals surface area contributed by atoms with E-state index >= 15 is 0 Å². The topological polar surface area (TPSA) is 137 Å². The maximum Gasteiger partial charge on any atom is 0.294 e. The minimum absolute atomic E-state index is 0.0666. The second kappa shape index (κ2) is 9.89. The smallest absolute Gasteiger partial charge is 0.294 e. The van der Waals surface area contributed by atoms with Crippen molar-refractivity contribution in [3.63, 3.8) is 0 Å². The van der Waals surface area contributed by atoms with Crippen LogP contribution < -0.4 is 11.2 Å². The first-order valence-corrected chi connectivity index (χ1v) is 9.02. The second-order valence-electron chi connectivity index (χ2n) is 4.68. The van der Waals surface area contributed by atoms with E-state index in [0.717, 1.165) is 15.6 Å². The first-order chi connectivity index (χ1) is 11.7. The quantitative estimate of drug-likeness (QED) is 0.256. The molecular formula is C15H17BrN4O4S. The molecule has 25 heavy (non-hydrogen) atoms. The number of hydroxylamine groups is 1. The zero-order valence-electron chi connectivity index (χ0n) is 13.2. The lowest BCUT2D eigenvalue weighted by molar-refractivity contribution is 0.232. The van der Waals surface area contributed by atoms with E-state index in [1.165, 1.54) is 18.3 Å². The largest absolute Gasteiger partial charge is 0.367 e. The number of nitrogens with two attached hydrogens (primary N) is 1. The molecule has 8 nitrogen and oxygen atoms in total. The maximum absolute atomic E-state index is 10.5. The summed E-state index contributed by atoms with van der Waals surface area (Å²) in [5.41, 5.74) is 8.64. The number of nitrogens with one attached hydrogen (secondary N) is 1. The zero-order valence-corrected chi connectivity index (χ0v) is 15.6. The van der Waals surface area contributed by atoms with E-state index in [0.29, 0.717) is 0 Å². The van der Waals surface area contributed by atoms with E-state index in [1.54, 1.807) is 17.6 Å². The average molecular weight is 429 g/mol. The van der Waals surface area contributed by atoms with Gasteiger partial charge in [-0.05, 0) is 36.8 Å². The van der Waals surface area contributed by atoms with Crippen LogP contribution in [0.4, 0.5) is 0 Å². The van der Waals surface area contributed by atoms with Crippen molar-refractivity contribution < 1.29 is 18.2 Å². The monoisotopic (exact) mass is 428 g/mol. The number of rotatable bonds is 3. The number of nitrogens with zero attached hydrogens (tertiary/aromatic N) is 2. The van der Waals surface area contributed by atoms with Crippen LogP contribution in [-0.4, -0.2) is 30.4 Å². The molecule has 0 aliphatic heterocycles. The minimum Gasteiger partial charge on any atom is -0.367 e. The second-order valence-corrected chi connectivity index (χ2v) is 7.02. The summed E-state index contributed by atoms with van der Waals surface area (Å²) < 4.78 is 30.5. The number of hydrogen-bond acceptors (Lipinski definition) is 5.